The predicted molar refractivity (Wildman–Crippen MR) is 247 cm³/mol. The van der Waals surface area contributed by atoms with Crippen molar-refractivity contribution in [3.05, 3.63) is 218 Å². The summed E-state index contributed by atoms with van der Waals surface area (Å²) in [5.74, 6) is 3.59. The lowest BCUT2D eigenvalue weighted by Gasteiger charge is -2.12. The predicted octanol–water partition coefficient (Wildman–Crippen LogP) is 12.9. The van der Waals surface area contributed by atoms with Gasteiger partial charge in [-0.25, -0.2) is 29.9 Å². The molecule has 0 fully saturated rings. The van der Waals surface area contributed by atoms with E-state index in [0.717, 1.165) is 66.8 Å². The first kappa shape index (κ1) is 37.5. The third-order valence-electron chi connectivity index (χ3n) is 10.6. The molecular weight excluding hydrogens is 759 g/mol. The smallest absolute Gasteiger partial charge is 0.164 e. The summed E-state index contributed by atoms with van der Waals surface area (Å²) in [6.45, 7) is 0. The molecule has 0 saturated heterocycles. The van der Waals surface area contributed by atoms with Gasteiger partial charge in [-0.2, -0.15) is 5.26 Å². The van der Waals surface area contributed by atoms with Crippen LogP contribution in [0.15, 0.2) is 212 Å². The minimum Gasteiger partial charge on any atom is -0.208 e. The van der Waals surface area contributed by atoms with Crippen LogP contribution in [-0.2, 0) is 0 Å². The van der Waals surface area contributed by atoms with Crippen molar-refractivity contribution < 1.29 is 0 Å². The second kappa shape index (κ2) is 16.9. The van der Waals surface area contributed by atoms with Crippen molar-refractivity contribution in [3.8, 4) is 108 Å². The van der Waals surface area contributed by atoms with E-state index < -0.39 is 0 Å². The Morgan fingerprint density at radius 2 is 0.516 bits per heavy atom. The molecule has 0 unspecified atom stereocenters. The van der Waals surface area contributed by atoms with E-state index in [1.165, 1.54) is 0 Å². The number of aromatic nitrogens is 6. The van der Waals surface area contributed by atoms with E-state index in [4.69, 9.17) is 29.9 Å². The van der Waals surface area contributed by atoms with Crippen molar-refractivity contribution in [2.45, 2.75) is 0 Å². The van der Waals surface area contributed by atoms with Gasteiger partial charge in [0, 0.05) is 38.9 Å². The van der Waals surface area contributed by atoms with Gasteiger partial charge in [-0.3, -0.25) is 0 Å². The summed E-state index contributed by atoms with van der Waals surface area (Å²) < 4.78 is 0. The monoisotopic (exact) mass is 793 g/mol. The van der Waals surface area contributed by atoms with Crippen LogP contribution in [0.5, 0.6) is 0 Å². The Bertz CT molecular complexity index is 3120. The van der Waals surface area contributed by atoms with Gasteiger partial charge in [0.1, 0.15) is 0 Å². The third kappa shape index (κ3) is 7.87. The molecule has 0 radical (unpaired) electrons. The molecular formula is C55H35N7. The van der Waals surface area contributed by atoms with Gasteiger partial charge in [-0.05, 0) is 58.1 Å². The fourth-order valence-electron chi connectivity index (χ4n) is 7.48. The van der Waals surface area contributed by atoms with Gasteiger partial charge >= 0.3 is 0 Å². The SMILES string of the molecule is N#Cc1ccc(-c2cccc(-c3nc(-c4ccccc4)nc(-c4ccccc4)n3)c2)cc1-c1cccc(-c2cccc(-c3nc(-c4ccccc4)nc(-c4ccccc4)n3)c2)c1. The maximum atomic E-state index is 10.3. The highest BCUT2D eigenvalue weighted by Gasteiger charge is 2.16. The first-order chi connectivity index (χ1) is 30.6. The van der Waals surface area contributed by atoms with Crippen LogP contribution in [0.2, 0.25) is 0 Å². The van der Waals surface area contributed by atoms with Crippen LogP contribution in [0.1, 0.15) is 5.56 Å². The number of benzene rings is 8. The Kier molecular flexibility index (Phi) is 10.2. The van der Waals surface area contributed by atoms with Gasteiger partial charge in [-0.15, -0.1) is 0 Å². The van der Waals surface area contributed by atoms with Crippen LogP contribution in [-0.4, -0.2) is 29.9 Å². The first-order valence-corrected chi connectivity index (χ1v) is 20.3. The Hall–Kier alpha value is -8.73. The average molecular weight is 794 g/mol. The highest BCUT2D eigenvalue weighted by Crippen LogP contribution is 2.35. The molecule has 2 heterocycles. The number of rotatable bonds is 9. The number of nitriles is 1. The largest absolute Gasteiger partial charge is 0.208 e. The first-order valence-electron chi connectivity index (χ1n) is 20.3. The number of hydrogen-bond acceptors (Lipinski definition) is 7. The fourth-order valence-corrected chi connectivity index (χ4v) is 7.48. The third-order valence-corrected chi connectivity index (χ3v) is 10.6. The van der Waals surface area contributed by atoms with Crippen molar-refractivity contribution in [2.75, 3.05) is 0 Å². The van der Waals surface area contributed by atoms with Crippen LogP contribution < -0.4 is 0 Å². The van der Waals surface area contributed by atoms with E-state index in [2.05, 4.69) is 54.6 Å². The number of hydrogen-bond donors (Lipinski definition) is 0. The van der Waals surface area contributed by atoms with Crippen molar-refractivity contribution in [1.29, 1.82) is 5.26 Å². The molecule has 0 aliphatic rings. The summed E-state index contributed by atoms with van der Waals surface area (Å²) in [5, 5.41) is 10.3. The maximum absolute atomic E-state index is 10.3. The summed E-state index contributed by atoms with van der Waals surface area (Å²) in [7, 11) is 0. The molecule has 62 heavy (non-hydrogen) atoms. The second-order valence-corrected chi connectivity index (χ2v) is 14.7. The molecule has 0 amide bonds. The zero-order valence-electron chi connectivity index (χ0n) is 33.3. The molecule has 0 bridgehead atoms. The van der Waals surface area contributed by atoms with E-state index >= 15 is 0 Å². The molecule has 290 valence electrons. The molecule has 7 heteroatoms. The van der Waals surface area contributed by atoms with E-state index in [9.17, 15) is 5.26 Å². The van der Waals surface area contributed by atoms with Crippen LogP contribution in [0.25, 0.3) is 102 Å². The molecule has 0 aliphatic carbocycles. The van der Waals surface area contributed by atoms with Crippen molar-refractivity contribution in [2.24, 2.45) is 0 Å². The molecule has 7 nitrogen and oxygen atoms in total. The zero-order valence-corrected chi connectivity index (χ0v) is 33.3. The molecule has 10 rings (SSSR count). The van der Waals surface area contributed by atoms with Gasteiger partial charge in [0.2, 0.25) is 0 Å². The van der Waals surface area contributed by atoms with E-state index in [0.29, 0.717) is 40.5 Å². The molecule has 8 aromatic carbocycles. The molecule has 10 aromatic rings. The maximum Gasteiger partial charge on any atom is 0.164 e. The zero-order chi connectivity index (χ0) is 41.7. The van der Waals surface area contributed by atoms with E-state index in [1.807, 2.05) is 164 Å². The molecule has 0 N–H and O–H groups in total. The Balaban J connectivity index is 1.00. The van der Waals surface area contributed by atoms with Crippen LogP contribution in [0.3, 0.4) is 0 Å². The number of nitrogens with zero attached hydrogens (tertiary/aromatic N) is 7. The molecule has 0 saturated carbocycles. The molecule has 2 aromatic heterocycles. The quantitative estimate of drug-likeness (QED) is 0.143. The minimum atomic E-state index is 0.577. The summed E-state index contributed by atoms with van der Waals surface area (Å²) >= 11 is 0. The summed E-state index contributed by atoms with van der Waals surface area (Å²) in [6, 6.07) is 73.0. The van der Waals surface area contributed by atoms with E-state index in [1.54, 1.807) is 0 Å². The Labute approximate surface area is 359 Å². The lowest BCUT2D eigenvalue weighted by Crippen LogP contribution is -2.00. The summed E-state index contributed by atoms with van der Waals surface area (Å²) in [4.78, 5) is 29.5. The van der Waals surface area contributed by atoms with Crippen molar-refractivity contribution in [3.63, 3.8) is 0 Å². The summed E-state index contributed by atoms with van der Waals surface area (Å²) in [6.07, 6.45) is 0. The molecule has 0 aliphatic heterocycles. The molecule has 0 atom stereocenters. The Morgan fingerprint density at radius 1 is 0.242 bits per heavy atom. The second-order valence-electron chi connectivity index (χ2n) is 14.7. The van der Waals surface area contributed by atoms with Gasteiger partial charge in [0.15, 0.2) is 34.9 Å². The lowest BCUT2D eigenvalue weighted by molar-refractivity contribution is 1.07. The van der Waals surface area contributed by atoms with E-state index in [-0.39, 0.29) is 0 Å². The standard InChI is InChI=1S/C55H35N7/c56-36-48-31-30-44(43-26-15-29-47(34-43)55-61-52(39-20-9-3-10-21-39)58-53(62-55)40-22-11-4-12-23-40)35-49(48)45-27-13-24-41(32-45)42-25-14-28-46(33-42)54-59-50(37-16-5-1-6-17-37)57-51(60-54)38-18-7-2-8-19-38/h1-35H. The lowest BCUT2D eigenvalue weighted by atomic mass is 9.92. The van der Waals surface area contributed by atoms with Crippen LogP contribution in [0, 0.1) is 11.3 Å². The van der Waals surface area contributed by atoms with Gasteiger partial charge < -0.3 is 0 Å². The Morgan fingerprint density at radius 3 is 0.871 bits per heavy atom. The highest BCUT2D eigenvalue weighted by atomic mass is 15.0. The highest BCUT2D eigenvalue weighted by molar-refractivity contribution is 5.82. The fraction of sp³-hybridized carbons (Fsp3) is 0. The van der Waals surface area contributed by atoms with Crippen LogP contribution in [0.4, 0.5) is 0 Å². The van der Waals surface area contributed by atoms with Crippen LogP contribution >= 0.6 is 0 Å². The van der Waals surface area contributed by atoms with Gasteiger partial charge in [0.25, 0.3) is 0 Å². The average Bonchev–Trinajstić information content (AvgIpc) is 3.37. The van der Waals surface area contributed by atoms with Gasteiger partial charge in [0.05, 0.1) is 11.6 Å². The molecule has 0 spiro atoms. The van der Waals surface area contributed by atoms with Gasteiger partial charge in [-0.1, -0.05) is 182 Å². The normalized spacial score (nSPS) is 10.9. The topological polar surface area (TPSA) is 101 Å². The minimum absolute atomic E-state index is 0.577. The van der Waals surface area contributed by atoms with Crippen molar-refractivity contribution >= 4 is 0 Å². The van der Waals surface area contributed by atoms with Crippen molar-refractivity contribution in [1.82, 2.24) is 29.9 Å². The summed E-state index contributed by atoms with van der Waals surface area (Å²) in [5.41, 5.74) is 11.7.